The first kappa shape index (κ1) is 18.9. The predicted octanol–water partition coefficient (Wildman–Crippen LogP) is 3.41. The average molecular weight is 396 g/mol. The number of aromatic nitrogens is 3. The summed E-state index contributed by atoms with van der Waals surface area (Å²) in [4.78, 5) is 16.8. The molecule has 4 rings (SSSR count). The van der Waals surface area contributed by atoms with Crippen molar-refractivity contribution in [3.63, 3.8) is 0 Å². The first-order chi connectivity index (χ1) is 14.2. The van der Waals surface area contributed by atoms with Gasteiger partial charge in [-0.15, -0.1) is 0 Å². The van der Waals surface area contributed by atoms with Gasteiger partial charge in [-0.1, -0.05) is 19.4 Å². The van der Waals surface area contributed by atoms with Crippen LogP contribution in [0.1, 0.15) is 26.2 Å². The molecule has 0 fully saturated rings. The van der Waals surface area contributed by atoms with Gasteiger partial charge in [0.2, 0.25) is 5.91 Å². The number of hydrogen-bond donors (Lipinski definition) is 3. The standard InChI is InChI=1S/C20H24N6O3/c1-3-4-8-18(27)24-14-12-22-26-17(21-2)11-16(25-20(14)26)23-13-6-5-7-15-19(13)29-10-9-28-15/h5-7,11-12,21H,3-4,8-10H2,1-2H3,(H,23,25)(H,24,27). The molecule has 0 spiro atoms. The van der Waals surface area contributed by atoms with Gasteiger partial charge in [-0.2, -0.15) is 9.61 Å². The predicted molar refractivity (Wildman–Crippen MR) is 111 cm³/mol. The molecule has 0 radical (unpaired) electrons. The molecule has 0 atom stereocenters. The highest BCUT2D eigenvalue weighted by atomic mass is 16.6. The highest BCUT2D eigenvalue weighted by Gasteiger charge is 2.18. The van der Waals surface area contributed by atoms with Gasteiger partial charge in [0.1, 0.15) is 30.5 Å². The van der Waals surface area contributed by atoms with E-state index in [1.165, 1.54) is 0 Å². The van der Waals surface area contributed by atoms with E-state index < -0.39 is 0 Å². The Morgan fingerprint density at radius 1 is 1.24 bits per heavy atom. The number of para-hydroxylation sites is 1. The van der Waals surface area contributed by atoms with Crippen LogP contribution in [0.2, 0.25) is 0 Å². The van der Waals surface area contributed by atoms with Gasteiger partial charge in [-0.25, -0.2) is 4.98 Å². The van der Waals surface area contributed by atoms with Crippen LogP contribution >= 0.6 is 0 Å². The Kier molecular flexibility index (Phi) is 5.37. The zero-order valence-corrected chi connectivity index (χ0v) is 16.5. The normalized spacial score (nSPS) is 12.6. The third-order valence-electron chi connectivity index (χ3n) is 4.59. The maximum atomic E-state index is 12.2. The van der Waals surface area contributed by atoms with E-state index in [1.54, 1.807) is 17.8 Å². The number of amides is 1. The second-order valence-corrected chi connectivity index (χ2v) is 6.68. The lowest BCUT2D eigenvalue weighted by molar-refractivity contribution is -0.116. The van der Waals surface area contributed by atoms with Crippen molar-refractivity contribution < 1.29 is 14.3 Å². The van der Waals surface area contributed by atoms with Crippen LogP contribution in [0.3, 0.4) is 0 Å². The molecule has 0 aliphatic carbocycles. The zero-order chi connectivity index (χ0) is 20.2. The maximum Gasteiger partial charge on any atom is 0.224 e. The smallest absolute Gasteiger partial charge is 0.224 e. The third-order valence-corrected chi connectivity index (χ3v) is 4.59. The monoisotopic (exact) mass is 396 g/mol. The van der Waals surface area contributed by atoms with Crippen molar-refractivity contribution in [1.82, 2.24) is 14.6 Å². The van der Waals surface area contributed by atoms with E-state index in [0.29, 0.717) is 48.3 Å². The number of fused-ring (bicyclic) bond motifs is 2. The fourth-order valence-corrected chi connectivity index (χ4v) is 3.15. The minimum absolute atomic E-state index is 0.0457. The summed E-state index contributed by atoms with van der Waals surface area (Å²) in [6.07, 6.45) is 3.89. The van der Waals surface area contributed by atoms with E-state index in [1.807, 2.05) is 24.3 Å². The molecular weight excluding hydrogens is 372 g/mol. The third kappa shape index (κ3) is 3.89. The molecule has 1 amide bonds. The van der Waals surface area contributed by atoms with Crippen LogP contribution in [-0.2, 0) is 4.79 Å². The van der Waals surface area contributed by atoms with Gasteiger partial charge in [-0.3, -0.25) is 4.79 Å². The number of rotatable bonds is 7. The van der Waals surface area contributed by atoms with Gasteiger partial charge >= 0.3 is 0 Å². The molecule has 0 unspecified atom stereocenters. The topological polar surface area (TPSA) is 102 Å². The fourth-order valence-electron chi connectivity index (χ4n) is 3.15. The van der Waals surface area contributed by atoms with E-state index in [2.05, 4.69) is 33.0 Å². The number of benzene rings is 1. The number of carbonyl (C=O) groups is 1. The van der Waals surface area contributed by atoms with E-state index in [0.717, 1.165) is 24.3 Å². The lowest BCUT2D eigenvalue weighted by Gasteiger charge is -2.21. The second-order valence-electron chi connectivity index (χ2n) is 6.68. The fraction of sp³-hybridized carbons (Fsp3) is 0.350. The highest BCUT2D eigenvalue weighted by molar-refractivity contribution is 5.94. The molecule has 1 aromatic carbocycles. The Hall–Kier alpha value is -3.49. The summed E-state index contributed by atoms with van der Waals surface area (Å²) < 4.78 is 13.1. The largest absolute Gasteiger partial charge is 0.486 e. The van der Waals surface area contributed by atoms with Crippen molar-refractivity contribution in [2.24, 2.45) is 0 Å². The summed E-state index contributed by atoms with van der Waals surface area (Å²) in [5.74, 6) is 2.63. The lowest BCUT2D eigenvalue weighted by atomic mass is 10.2. The van der Waals surface area contributed by atoms with Crippen LogP contribution in [-0.4, -0.2) is 40.8 Å². The summed E-state index contributed by atoms with van der Waals surface area (Å²) in [6.45, 7) is 3.08. The van der Waals surface area contributed by atoms with Gasteiger partial charge in [-0.05, 0) is 18.6 Å². The molecule has 0 saturated carbocycles. The molecule has 152 valence electrons. The summed E-state index contributed by atoms with van der Waals surface area (Å²) >= 11 is 0. The molecule has 3 heterocycles. The summed E-state index contributed by atoms with van der Waals surface area (Å²) in [5.41, 5.74) is 1.88. The Morgan fingerprint density at radius 2 is 2.10 bits per heavy atom. The molecular formula is C20H24N6O3. The van der Waals surface area contributed by atoms with Crippen molar-refractivity contribution >= 4 is 34.6 Å². The van der Waals surface area contributed by atoms with Gasteiger partial charge in [0.15, 0.2) is 17.1 Å². The minimum atomic E-state index is -0.0457. The van der Waals surface area contributed by atoms with Crippen LogP contribution in [0, 0.1) is 0 Å². The SMILES string of the molecule is CCCCC(=O)Nc1cnn2c(NC)cc(Nc3cccc4c3OCCO4)nc12. The number of nitrogens with zero attached hydrogens (tertiary/aromatic N) is 3. The van der Waals surface area contributed by atoms with Crippen molar-refractivity contribution in [3.8, 4) is 11.5 Å². The molecule has 29 heavy (non-hydrogen) atoms. The lowest BCUT2D eigenvalue weighted by Crippen LogP contribution is -2.16. The Balaban J connectivity index is 1.67. The van der Waals surface area contributed by atoms with Crippen molar-refractivity contribution in [2.75, 3.05) is 36.2 Å². The van der Waals surface area contributed by atoms with Crippen molar-refractivity contribution in [3.05, 3.63) is 30.5 Å². The summed E-state index contributed by atoms with van der Waals surface area (Å²) in [6, 6.07) is 7.51. The van der Waals surface area contributed by atoms with E-state index in [9.17, 15) is 4.79 Å². The second kappa shape index (κ2) is 8.26. The highest BCUT2D eigenvalue weighted by Crippen LogP contribution is 2.38. The first-order valence-electron chi connectivity index (χ1n) is 9.71. The van der Waals surface area contributed by atoms with Crippen LogP contribution in [0.5, 0.6) is 11.5 Å². The molecule has 1 aliphatic rings. The van der Waals surface area contributed by atoms with E-state index >= 15 is 0 Å². The number of ether oxygens (including phenoxy) is 2. The first-order valence-corrected chi connectivity index (χ1v) is 9.71. The molecule has 1 aliphatic heterocycles. The van der Waals surface area contributed by atoms with Crippen molar-refractivity contribution in [1.29, 1.82) is 0 Å². The molecule has 3 N–H and O–H groups in total. The van der Waals surface area contributed by atoms with Crippen molar-refractivity contribution in [2.45, 2.75) is 26.2 Å². The summed E-state index contributed by atoms with van der Waals surface area (Å²) in [7, 11) is 1.81. The van der Waals surface area contributed by atoms with Crippen LogP contribution in [0.4, 0.5) is 23.0 Å². The van der Waals surface area contributed by atoms with Gasteiger partial charge < -0.3 is 25.4 Å². The van der Waals surface area contributed by atoms with Gasteiger partial charge in [0.05, 0.1) is 11.9 Å². The Bertz CT molecular complexity index is 1030. The molecule has 0 bridgehead atoms. The molecule has 3 aromatic rings. The number of anilines is 4. The minimum Gasteiger partial charge on any atom is -0.486 e. The van der Waals surface area contributed by atoms with Gasteiger partial charge in [0, 0.05) is 19.5 Å². The maximum absolute atomic E-state index is 12.2. The summed E-state index contributed by atoms with van der Waals surface area (Å²) in [5, 5.41) is 13.7. The Labute approximate surface area is 168 Å². The number of nitrogens with one attached hydrogen (secondary N) is 3. The quantitative estimate of drug-likeness (QED) is 0.562. The molecule has 2 aromatic heterocycles. The van der Waals surface area contributed by atoms with Crippen LogP contribution < -0.4 is 25.4 Å². The number of hydrogen-bond acceptors (Lipinski definition) is 7. The Morgan fingerprint density at radius 3 is 2.93 bits per heavy atom. The van der Waals surface area contributed by atoms with Crippen LogP contribution in [0.15, 0.2) is 30.5 Å². The number of unbranched alkanes of at least 4 members (excludes halogenated alkanes) is 1. The molecule has 9 nitrogen and oxygen atoms in total. The molecule has 9 heteroatoms. The van der Waals surface area contributed by atoms with Gasteiger partial charge in [0.25, 0.3) is 0 Å². The van der Waals surface area contributed by atoms with Crippen LogP contribution in [0.25, 0.3) is 5.65 Å². The molecule has 0 saturated heterocycles. The zero-order valence-electron chi connectivity index (χ0n) is 16.5. The van der Waals surface area contributed by atoms with E-state index in [4.69, 9.17) is 9.47 Å². The average Bonchev–Trinajstić information content (AvgIpc) is 3.14. The van der Waals surface area contributed by atoms with E-state index in [-0.39, 0.29) is 5.91 Å². The number of carbonyl (C=O) groups excluding carboxylic acids is 1.